The number of nitrogens with two attached hydrogens (primary N) is 1. The van der Waals surface area contributed by atoms with Gasteiger partial charge in [-0.1, -0.05) is 24.1 Å². The Morgan fingerprint density at radius 1 is 1.27 bits per heavy atom. The first-order valence-electron chi connectivity index (χ1n) is 11.2. The van der Waals surface area contributed by atoms with Gasteiger partial charge in [-0.05, 0) is 31.4 Å². The van der Waals surface area contributed by atoms with Gasteiger partial charge in [-0.3, -0.25) is 14.5 Å². The van der Waals surface area contributed by atoms with Gasteiger partial charge in [0, 0.05) is 36.1 Å². The highest BCUT2D eigenvalue weighted by Gasteiger charge is 2.37. The van der Waals surface area contributed by atoms with Gasteiger partial charge < -0.3 is 20.9 Å². The van der Waals surface area contributed by atoms with Gasteiger partial charge in [-0.25, -0.2) is 4.68 Å². The van der Waals surface area contributed by atoms with E-state index in [1.54, 1.807) is 13.1 Å². The van der Waals surface area contributed by atoms with E-state index in [9.17, 15) is 9.59 Å². The number of aromatic nitrogens is 3. The van der Waals surface area contributed by atoms with Crippen LogP contribution >= 0.6 is 0 Å². The van der Waals surface area contributed by atoms with Gasteiger partial charge in [0.2, 0.25) is 5.56 Å². The number of nitrogens with one attached hydrogen (secondary N) is 2. The van der Waals surface area contributed by atoms with Crippen LogP contribution in [0.25, 0.3) is 10.9 Å². The maximum Gasteiger partial charge on any atom is 0.292 e. The molecule has 0 saturated carbocycles. The van der Waals surface area contributed by atoms with E-state index < -0.39 is 0 Å². The first-order chi connectivity index (χ1) is 16.0. The number of hydrogen-bond donors (Lipinski definition) is 3. The summed E-state index contributed by atoms with van der Waals surface area (Å²) in [5.74, 6) is 6.04. The molecule has 2 atom stereocenters. The molecular weight excluding hydrogens is 418 g/mol. The highest BCUT2D eigenvalue weighted by atomic mass is 16.1. The van der Waals surface area contributed by atoms with Gasteiger partial charge in [0.15, 0.2) is 6.29 Å². The van der Waals surface area contributed by atoms with Crippen molar-refractivity contribution in [3.63, 3.8) is 0 Å². The van der Waals surface area contributed by atoms with Gasteiger partial charge in [-0.2, -0.15) is 5.10 Å². The molecule has 1 aromatic carbocycles. The summed E-state index contributed by atoms with van der Waals surface area (Å²) in [5.41, 5.74) is 8.51. The number of piperidine rings is 1. The second-order valence-electron chi connectivity index (χ2n) is 8.54. The third kappa shape index (κ3) is 3.99. The van der Waals surface area contributed by atoms with Gasteiger partial charge >= 0.3 is 0 Å². The first-order valence-corrected chi connectivity index (χ1v) is 11.2. The number of pyridine rings is 1. The van der Waals surface area contributed by atoms with E-state index in [2.05, 4.69) is 32.1 Å². The number of para-hydroxylation sites is 1. The molecule has 2 aromatic heterocycles. The summed E-state index contributed by atoms with van der Waals surface area (Å²) in [4.78, 5) is 32.9. The molecule has 0 amide bonds. The van der Waals surface area contributed by atoms with Crippen molar-refractivity contribution in [2.75, 3.05) is 29.9 Å². The molecule has 33 heavy (non-hydrogen) atoms. The molecule has 170 valence electrons. The number of fused-ring (bicyclic) bond motifs is 2. The van der Waals surface area contributed by atoms with E-state index in [0.29, 0.717) is 17.9 Å². The maximum atomic E-state index is 13.6. The Bertz CT molecular complexity index is 1370. The van der Waals surface area contributed by atoms with Crippen LogP contribution in [0, 0.1) is 11.8 Å². The zero-order chi connectivity index (χ0) is 22.9. The lowest BCUT2D eigenvalue weighted by Crippen LogP contribution is -2.56. The quantitative estimate of drug-likeness (QED) is 0.516. The number of anilines is 2. The molecule has 0 spiro atoms. The van der Waals surface area contributed by atoms with Crippen LogP contribution in [0.3, 0.4) is 0 Å². The monoisotopic (exact) mass is 445 g/mol. The molecule has 9 heteroatoms. The highest BCUT2D eigenvalue weighted by molar-refractivity contribution is 5.82. The lowest BCUT2D eigenvalue weighted by Gasteiger charge is -2.39. The Balaban J connectivity index is 1.53. The minimum absolute atomic E-state index is 0.114. The fraction of sp³-hybridized carbons (Fsp3) is 0.375. The van der Waals surface area contributed by atoms with Crippen molar-refractivity contribution in [2.45, 2.75) is 38.6 Å². The summed E-state index contributed by atoms with van der Waals surface area (Å²) in [7, 11) is 0. The van der Waals surface area contributed by atoms with Crippen molar-refractivity contribution < 1.29 is 0 Å². The number of rotatable bonds is 4. The molecule has 1 saturated heterocycles. The summed E-state index contributed by atoms with van der Waals surface area (Å²) in [5, 5.41) is 8.75. The van der Waals surface area contributed by atoms with Crippen LogP contribution in [0.4, 0.5) is 11.4 Å². The Morgan fingerprint density at radius 2 is 2.12 bits per heavy atom. The topological polar surface area (TPSA) is 112 Å². The number of benzene rings is 1. The number of likely N-dealkylation sites (tertiary alicyclic amines) is 1. The van der Waals surface area contributed by atoms with Crippen molar-refractivity contribution in [3.8, 4) is 11.8 Å². The highest BCUT2D eigenvalue weighted by Crippen LogP contribution is 2.32. The molecule has 9 nitrogen and oxygen atoms in total. The summed E-state index contributed by atoms with van der Waals surface area (Å²) >= 11 is 0. The second-order valence-corrected chi connectivity index (χ2v) is 8.54. The molecule has 0 radical (unpaired) electrons. The van der Waals surface area contributed by atoms with Crippen LogP contribution in [-0.2, 0) is 6.54 Å². The zero-order valence-corrected chi connectivity index (χ0v) is 18.5. The molecular formula is C24H27N7O2. The van der Waals surface area contributed by atoms with Crippen LogP contribution < -0.4 is 27.1 Å². The minimum Gasteiger partial charge on any atom is -0.350 e. The number of H-pyrrole nitrogens is 1. The van der Waals surface area contributed by atoms with Gasteiger partial charge in [0.05, 0.1) is 25.0 Å². The molecule has 4 heterocycles. The molecule has 4 N–H and O–H groups in total. The summed E-state index contributed by atoms with van der Waals surface area (Å²) in [6, 6.07) is 9.20. The van der Waals surface area contributed by atoms with E-state index in [4.69, 9.17) is 5.73 Å². The minimum atomic E-state index is -0.217. The first kappa shape index (κ1) is 21.2. The molecule has 0 aliphatic carbocycles. The number of aromatic amines is 1. The van der Waals surface area contributed by atoms with Crippen LogP contribution in [0.15, 0.2) is 46.1 Å². The molecule has 2 unspecified atom stereocenters. The van der Waals surface area contributed by atoms with E-state index in [1.807, 2.05) is 29.2 Å². The van der Waals surface area contributed by atoms with Crippen molar-refractivity contribution in [1.29, 1.82) is 0 Å². The van der Waals surface area contributed by atoms with Crippen molar-refractivity contribution in [3.05, 3.63) is 62.8 Å². The van der Waals surface area contributed by atoms with Gasteiger partial charge in [0.1, 0.15) is 5.69 Å². The average molecular weight is 446 g/mol. The standard InChI is InChI=1S/C24H27N7O2/c1-2-3-11-30-22-20(28-24(30)29-10-6-7-17(25)15-29)13-26-31(23(22)33)14-16-12-21(32)27-19-9-5-4-8-18(16)19/h4-5,8-9,12-13,17,24,28H,6-7,10-11,14-15,25H2,1H3,(H,27,32). The molecule has 1 fully saturated rings. The molecule has 2 aliphatic rings. The predicted octanol–water partition coefficient (Wildman–Crippen LogP) is 1.09. The SMILES string of the molecule is CC#CCN1c2c(cnn(Cc3cc(=O)[nH]c4ccccc34)c2=O)NC1N1CCCC(N)C1. The van der Waals surface area contributed by atoms with Crippen LogP contribution in [0.2, 0.25) is 0 Å². The van der Waals surface area contributed by atoms with E-state index >= 15 is 0 Å². The summed E-state index contributed by atoms with van der Waals surface area (Å²) in [6.07, 6.45) is 3.50. The predicted molar refractivity (Wildman–Crippen MR) is 129 cm³/mol. The zero-order valence-electron chi connectivity index (χ0n) is 18.5. The lowest BCUT2D eigenvalue weighted by molar-refractivity contribution is 0.165. The third-order valence-corrected chi connectivity index (χ3v) is 6.30. The maximum absolute atomic E-state index is 13.6. The fourth-order valence-electron chi connectivity index (χ4n) is 4.76. The van der Waals surface area contributed by atoms with Crippen molar-refractivity contribution in [1.82, 2.24) is 19.7 Å². The Labute approximate surface area is 191 Å². The van der Waals surface area contributed by atoms with E-state index in [-0.39, 0.29) is 30.0 Å². The Kier molecular flexibility index (Phi) is 5.62. The second kappa shape index (κ2) is 8.73. The number of nitrogens with zero attached hydrogens (tertiary/aromatic N) is 4. The van der Waals surface area contributed by atoms with Crippen molar-refractivity contribution >= 4 is 22.3 Å². The number of hydrogen-bond acceptors (Lipinski definition) is 7. The smallest absolute Gasteiger partial charge is 0.292 e. The summed E-state index contributed by atoms with van der Waals surface area (Å²) < 4.78 is 1.42. The molecule has 2 aliphatic heterocycles. The van der Waals surface area contributed by atoms with Crippen LogP contribution in [0.1, 0.15) is 25.3 Å². The van der Waals surface area contributed by atoms with Gasteiger partial charge in [-0.15, -0.1) is 5.92 Å². The van der Waals surface area contributed by atoms with Crippen molar-refractivity contribution in [2.24, 2.45) is 5.73 Å². The Morgan fingerprint density at radius 3 is 2.94 bits per heavy atom. The van der Waals surface area contributed by atoms with Crippen LogP contribution in [-0.4, -0.2) is 51.6 Å². The largest absolute Gasteiger partial charge is 0.350 e. The molecule has 3 aromatic rings. The van der Waals surface area contributed by atoms with E-state index in [0.717, 1.165) is 42.4 Å². The normalized spacial score (nSPS) is 20.2. The molecule has 0 bridgehead atoms. The third-order valence-electron chi connectivity index (χ3n) is 6.30. The van der Waals surface area contributed by atoms with E-state index in [1.165, 1.54) is 10.7 Å². The average Bonchev–Trinajstić information content (AvgIpc) is 3.18. The van der Waals surface area contributed by atoms with Crippen LogP contribution in [0.5, 0.6) is 0 Å². The Hall–Kier alpha value is -3.61. The molecule has 5 rings (SSSR count). The lowest BCUT2D eigenvalue weighted by atomic mass is 10.1. The summed E-state index contributed by atoms with van der Waals surface area (Å²) in [6.45, 7) is 4.06. The fourth-order valence-corrected chi connectivity index (χ4v) is 4.76. The van der Waals surface area contributed by atoms with Gasteiger partial charge in [0.25, 0.3) is 5.56 Å².